The Balaban J connectivity index is 1.66. The second-order valence-electron chi connectivity index (χ2n) is 8.43. The summed E-state index contributed by atoms with van der Waals surface area (Å²) in [5.74, 6) is 0.582. The van der Waals surface area contributed by atoms with Gasteiger partial charge in [0.05, 0.1) is 24.5 Å². The van der Waals surface area contributed by atoms with E-state index in [0.29, 0.717) is 48.9 Å². The minimum absolute atomic E-state index is 0.306. The van der Waals surface area contributed by atoms with Crippen LogP contribution in [0, 0.1) is 5.82 Å². The molecule has 0 radical (unpaired) electrons. The second kappa shape index (κ2) is 9.33. The van der Waals surface area contributed by atoms with Crippen molar-refractivity contribution in [2.45, 2.75) is 19.4 Å². The molecule has 0 bridgehead atoms. The number of hydrogen-bond donors (Lipinski definition) is 1. The fourth-order valence-corrected chi connectivity index (χ4v) is 4.08. The SMILES string of the molecule is COCCN(CCOC)c1ccc(C2=C/C(=C3\C(=O)Nc4cc(F)ccc43)OC2(C)C)cn1. The van der Waals surface area contributed by atoms with Gasteiger partial charge in [0.25, 0.3) is 5.91 Å². The summed E-state index contributed by atoms with van der Waals surface area (Å²) in [5, 5.41) is 2.72. The number of aromatic nitrogens is 1. The molecule has 2 aliphatic heterocycles. The van der Waals surface area contributed by atoms with E-state index in [0.717, 1.165) is 17.0 Å². The Morgan fingerprint density at radius 2 is 1.85 bits per heavy atom. The highest BCUT2D eigenvalue weighted by Crippen LogP contribution is 2.44. The molecule has 7 nitrogen and oxygen atoms in total. The molecule has 0 unspecified atom stereocenters. The number of rotatable bonds is 8. The van der Waals surface area contributed by atoms with E-state index in [1.807, 2.05) is 38.3 Å². The van der Waals surface area contributed by atoms with Crippen LogP contribution in [-0.2, 0) is 19.0 Å². The summed E-state index contributed by atoms with van der Waals surface area (Å²) < 4.78 is 30.2. The van der Waals surface area contributed by atoms with Crippen LogP contribution in [0.2, 0.25) is 0 Å². The third-order valence-electron chi connectivity index (χ3n) is 5.78. The lowest BCUT2D eigenvalue weighted by Gasteiger charge is -2.25. The predicted octanol–water partition coefficient (Wildman–Crippen LogP) is 3.88. The molecule has 0 saturated carbocycles. The lowest BCUT2D eigenvalue weighted by atomic mass is 9.93. The molecular formula is C25H28FN3O4. The third-order valence-corrected chi connectivity index (χ3v) is 5.78. The fourth-order valence-electron chi connectivity index (χ4n) is 4.08. The van der Waals surface area contributed by atoms with Gasteiger partial charge in [0, 0.05) is 50.2 Å². The number of methoxy groups -OCH3 is 2. The zero-order valence-electron chi connectivity index (χ0n) is 19.3. The van der Waals surface area contributed by atoms with Crippen molar-refractivity contribution in [2.75, 3.05) is 50.7 Å². The number of pyridine rings is 1. The van der Waals surface area contributed by atoms with Crippen LogP contribution >= 0.6 is 0 Å². The molecule has 0 atom stereocenters. The standard InChI is InChI=1S/C25H28FN3O4/c1-25(2)19(16-5-8-22(27-15-16)29(9-11-31-3)10-12-32-4)14-21(33-25)23-18-7-6-17(26)13-20(18)28-24(23)30/h5-8,13-15H,9-12H2,1-4H3,(H,28,30)/b23-21+. The summed E-state index contributed by atoms with van der Waals surface area (Å²) in [6.07, 6.45) is 3.68. The minimum Gasteiger partial charge on any atom is -0.482 e. The van der Waals surface area contributed by atoms with Gasteiger partial charge in [-0.1, -0.05) is 0 Å². The molecule has 2 aliphatic rings. The van der Waals surface area contributed by atoms with Crippen LogP contribution in [0.5, 0.6) is 0 Å². The quantitative estimate of drug-likeness (QED) is 0.612. The van der Waals surface area contributed by atoms with Gasteiger partial charge < -0.3 is 24.4 Å². The number of hydrogen-bond acceptors (Lipinski definition) is 6. The topological polar surface area (TPSA) is 72.9 Å². The lowest BCUT2D eigenvalue weighted by molar-refractivity contribution is -0.111. The van der Waals surface area contributed by atoms with Gasteiger partial charge in [-0.2, -0.15) is 0 Å². The largest absolute Gasteiger partial charge is 0.482 e. The van der Waals surface area contributed by atoms with Gasteiger partial charge in [0.2, 0.25) is 0 Å². The first-order valence-electron chi connectivity index (χ1n) is 10.8. The van der Waals surface area contributed by atoms with Crippen molar-refractivity contribution in [3.63, 3.8) is 0 Å². The molecule has 1 aromatic carbocycles. The van der Waals surface area contributed by atoms with Gasteiger partial charge in [0.1, 0.15) is 23.0 Å². The van der Waals surface area contributed by atoms with E-state index in [-0.39, 0.29) is 5.91 Å². The lowest BCUT2D eigenvalue weighted by Crippen LogP contribution is -2.31. The van der Waals surface area contributed by atoms with Crippen molar-refractivity contribution in [1.82, 2.24) is 4.98 Å². The average molecular weight is 454 g/mol. The summed E-state index contributed by atoms with van der Waals surface area (Å²) >= 11 is 0. The summed E-state index contributed by atoms with van der Waals surface area (Å²) in [6, 6.07) is 8.21. The van der Waals surface area contributed by atoms with E-state index in [9.17, 15) is 9.18 Å². The number of benzene rings is 1. The number of fused-ring (bicyclic) bond motifs is 1. The maximum absolute atomic E-state index is 13.6. The number of halogens is 1. The van der Waals surface area contributed by atoms with Crippen molar-refractivity contribution in [2.24, 2.45) is 0 Å². The van der Waals surface area contributed by atoms with Crippen molar-refractivity contribution >= 4 is 28.6 Å². The normalized spacial score (nSPS) is 18.6. The molecule has 1 amide bonds. The van der Waals surface area contributed by atoms with Crippen LogP contribution in [0.15, 0.2) is 48.4 Å². The van der Waals surface area contributed by atoms with E-state index in [1.165, 1.54) is 12.1 Å². The van der Waals surface area contributed by atoms with Gasteiger partial charge >= 0.3 is 0 Å². The van der Waals surface area contributed by atoms with Gasteiger partial charge in [-0.3, -0.25) is 4.79 Å². The molecule has 0 fully saturated rings. The van der Waals surface area contributed by atoms with Gasteiger partial charge in [-0.05, 0) is 50.3 Å². The summed E-state index contributed by atoms with van der Waals surface area (Å²) in [5.41, 5.74) is 2.63. The van der Waals surface area contributed by atoms with Crippen LogP contribution in [0.1, 0.15) is 25.0 Å². The first-order valence-corrected chi connectivity index (χ1v) is 10.8. The smallest absolute Gasteiger partial charge is 0.260 e. The Bertz CT molecular complexity index is 1100. The highest BCUT2D eigenvalue weighted by Gasteiger charge is 2.38. The number of anilines is 2. The summed E-state index contributed by atoms with van der Waals surface area (Å²) in [7, 11) is 3.34. The molecule has 174 valence electrons. The highest BCUT2D eigenvalue weighted by molar-refractivity contribution is 6.32. The Hall–Kier alpha value is -3.23. The average Bonchev–Trinajstić information content (AvgIpc) is 3.28. The van der Waals surface area contributed by atoms with Crippen molar-refractivity contribution in [3.8, 4) is 0 Å². The van der Waals surface area contributed by atoms with Crippen LogP contribution in [0.3, 0.4) is 0 Å². The number of carbonyl (C=O) groups excluding carboxylic acids is 1. The molecule has 1 N–H and O–H groups in total. The third kappa shape index (κ3) is 4.62. The molecule has 0 saturated heterocycles. The fraction of sp³-hybridized carbons (Fsp3) is 0.360. The van der Waals surface area contributed by atoms with E-state index < -0.39 is 11.4 Å². The number of nitrogens with one attached hydrogen (secondary N) is 1. The zero-order chi connectivity index (χ0) is 23.6. The van der Waals surface area contributed by atoms with E-state index in [1.54, 1.807) is 20.3 Å². The molecule has 0 spiro atoms. The predicted molar refractivity (Wildman–Crippen MR) is 125 cm³/mol. The maximum atomic E-state index is 13.6. The Labute approximate surface area is 192 Å². The summed E-state index contributed by atoms with van der Waals surface area (Å²) in [4.78, 5) is 19.4. The Kier molecular flexibility index (Phi) is 6.49. The Morgan fingerprint density at radius 3 is 2.48 bits per heavy atom. The van der Waals surface area contributed by atoms with E-state index in [4.69, 9.17) is 14.2 Å². The van der Waals surface area contributed by atoms with Gasteiger partial charge in [-0.25, -0.2) is 9.37 Å². The number of amides is 1. The van der Waals surface area contributed by atoms with Crippen LogP contribution in [0.4, 0.5) is 15.9 Å². The van der Waals surface area contributed by atoms with Crippen molar-refractivity contribution < 1.29 is 23.4 Å². The maximum Gasteiger partial charge on any atom is 0.260 e. The van der Waals surface area contributed by atoms with Crippen molar-refractivity contribution in [1.29, 1.82) is 0 Å². The molecule has 8 heteroatoms. The van der Waals surface area contributed by atoms with Gasteiger partial charge in [-0.15, -0.1) is 0 Å². The molecule has 1 aromatic heterocycles. The second-order valence-corrected chi connectivity index (χ2v) is 8.43. The first kappa shape index (κ1) is 22.9. The zero-order valence-corrected chi connectivity index (χ0v) is 19.3. The Morgan fingerprint density at radius 1 is 1.12 bits per heavy atom. The molecule has 2 aromatic rings. The number of allylic oxidation sites excluding steroid dienone is 1. The molecule has 33 heavy (non-hydrogen) atoms. The number of carbonyl (C=O) groups is 1. The molecular weight excluding hydrogens is 425 g/mol. The van der Waals surface area contributed by atoms with Crippen LogP contribution in [-0.4, -0.2) is 57.0 Å². The van der Waals surface area contributed by atoms with Gasteiger partial charge in [0.15, 0.2) is 0 Å². The minimum atomic E-state index is -0.666. The van der Waals surface area contributed by atoms with E-state index >= 15 is 0 Å². The molecule has 0 aliphatic carbocycles. The first-order chi connectivity index (χ1) is 15.8. The number of nitrogens with zero attached hydrogens (tertiary/aromatic N) is 2. The number of ether oxygens (including phenoxy) is 3. The summed E-state index contributed by atoms with van der Waals surface area (Å²) in [6.45, 7) is 6.47. The molecule has 3 heterocycles. The van der Waals surface area contributed by atoms with E-state index in [2.05, 4.69) is 15.2 Å². The molecule has 4 rings (SSSR count). The van der Waals surface area contributed by atoms with Crippen LogP contribution in [0.25, 0.3) is 11.1 Å². The monoisotopic (exact) mass is 453 g/mol. The highest BCUT2D eigenvalue weighted by atomic mass is 19.1. The van der Waals surface area contributed by atoms with Crippen LogP contribution < -0.4 is 10.2 Å². The van der Waals surface area contributed by atoms with Crippen molar-refractivity contribution in [3.05, 3.63) is 65.3 Å².